The van der Waals surface area contributed by atoms with Gasteiger partial charge >= 0.3 is 24.2 Å². The Labute approximate surface area is 256 Å². The third-order valence-electron chi connectivity index (χ3n) is 9.94. The van der Waals surface area contributed by atoms with Crippen LogP contribution in [0.3, 0.4) is 0 Å². The molecule has 1 aromatic carbocycles. The van der Waals surface area contributed by atoms with Crippen LogP contribution in [0.25, 0.3) is 0 Å². The number of rotatable bonds is 4. The zero-order chi connectivity index (χ0) is 32.3. The van der Waals surface area contributed by atoms with Gasteiger partial charge < -0.3 is 33.5 Å². The Morgan fingerprint density at radius 3 is 2.40 bits per heavy atom. The van der Waals surface area contributed by atoms with Crippen molar-refractivity contribution in [2.45, 2.75) is 71.7 Å². The molecule has 0 aromatic heterocycles. The normalized spacial score (nSPS) is 33.0. The lowest BCUT2D eigenvalue weighted by molar-refractivity contribution is -0.286. The van der Waals surface area contributed by atoms with Gasteiger partial charge in [-0.1, -0.05) is 20.8 Å². The van der Waals surface area contributed by atoms with E-state index in [2.05, 4.69) is 9.47 Å². The predicted octanol–water partition coefficient (Wildman–Crippen LogP) is 2.79. The molecular weight excluding hydrogens is 598 g/mol. The van der Waals surface area contributed by atoms with E-state index < -0.39 is 64.8 Å². The number of hydrogen-bond donors (Lipinski definition) is 0. The SMILES string of the molecule is CC(=O)O[C@H]1C(=O)N(CC2CCN(C(=O)c3ccc4c(c3)OC(F)(F)O4)CC2)[C@H]2OC(=O)[C@]34CC(=O)O[C@H]3C=C(C(C)(C)C)[C@@]214. The summed E-state index contributed by atoms with van der Waals surface area (Å²) >= 11 is 0. The monoisotopic (exact) mass is 630 g/mol. The summed E-state index contributed by atoms with van der Waals surface area (Å²) in [5.74, 6) is -3.35. The largest absolute Gasteiger partial charge is 0.586 e. The van der Waals surface area contributed by atoms with Gasteiger partial charge in [-0.15, -0.1) is 8.78 Å². The molecule has 0 unspecified atom stereocenters. The van der Waals surface area contributed by atoms with Gasteiger partial charge in [0.2, 0.25) is 0 Å². The van der Waals surface area contributed by atoms with E-state index in [9.17, 15) is 32.8 Å². The fourth-order valence-electron chi connectivity index (χ4n) is 8.21. The molecular formula is C31H32F2N2O10. The average molecular weight is 631 g/mol. The number of benzene rings is 1. The quantitative estimate of drug-likeness (QED) is 0.277. The summed E-state index contributed by atoms with van der Waals surface area (Å²) in [4.78, 5) is 69.2. The van der Waals surface area contributed by atoms with Crippen molar-refractivity contribution in [2.24, 2.45) is 22.2 Å². The maximum Gasteiger partial charge on any atom is 0.586 e. The smallest absolute Gasteiger partial charge is 0.457 e. The first-order chi connectivity index (χ1) is 21.1. The van der Waals surface area contributed by atoms with Crippen LogP contribution in [0.1, 0.15) is 57.3 Å². The van der Waals surface area contributed by atoms with Crippen molar-refractivity contribution in [3.63, 3.8) is 0 Å². The van der Waals surface area contributed by atoms with E-state index in [1.807, 2.05) is 20.8 Å². The summed E-state index contributed by atoms with van der Waals surface area (Å²) in [6, 6.07) is 3.88. The zero-order valence-electron chi connectivity index (χ0n) is 25.1. The van der Waals surface area contributed by atoms with Crippen LogP contribution in [-0.2, 0) is 33.4 Å². The van der Waals surface area contributed by atoms with Crippen molar-refractivity contribution in [1.29, 1.82) is 0 Å². The molecule has 14 heteroatoms. The molecule has 4 fully saturated rings. The molecule has 0 N–H and O–H groups in total. The first-order valence-corrected chi connectivity index (χ1v) is 14.9. The molecule has 0 bridgehead atoms. The van der Waals surface area contributed by atoms with Crippen LogP contribution in [0, 0.1) is 22.2 Å². The summed E-state index contributed by atoms with van der Waals surface area (Å²) in [5, 5.41) is 0. The van der Waals surface area contributed by atoms with Gasteiger partial charge in [-0.2, -0.15) is 0 Å². The Balaban J connectivity index is 1.13. The molecule has 1 aromatic rings. The minimum absolute atomic E-state index is 0.113. The van der Waals surface area contributed by atoms with Gasteiger partial charge in [-0.25, -0.2) is 0 Å². The number of fused-ring (bicyclic) bond motifs is 1. The van der Waals surface area contributed by atoms with Gasteiger partial charge in [0.15, 0.2) is 23.8 Å². The van der Waals surface area contributed by atoms with Gasteiger partial charge in [0.05, 0.1) is 6.42 Å². The van der Waals surface area contributed by atoms with E-state index in [1.54, 1.807) is 11.0 Å². The summed E-state index contributed by atoms with van der Waals surface area (Å²) in [6.07, 6.45) is -4.89. The fraction of sp³-hybridized carbons (Fsp3) is 0.581. The van der Waals surface area contributed by atoms with Crippen LogP contribution in [0.4, 0.5) is 8.78 Å². The number of carbonyl (C=O) groups excluding carboxylic acids is 5. The molecule has 5 aliphatic heterocycles. The van der Waals surface area contributed by atoms with Crippen LogP contribution in [0.15, 0.2) is 29.8 Å². The highest BCUT2D eigenvalue weighted by atomic mass is 19.3. The number of ether oxygens (including phenoxy) is 5. The van der Waals surface area contributed by atoms with Gasteiger partial charge in [-0.05, 0) is 54.0 Å². The van der Waals surface area contributed by atoms with E-state index in [0.29, 0.717) is 31.5 Å². The maximum absolute atomic E-state index is 14.2. The van der Waals surface area contributed by atoms with Crippen LogP contribution < -0.4 is 9.47 Å². The number of alkyl halides is 2. The number of halogens is 2. The van der Waals surface area contributed by atoms with Crippen molar-refractivity contribution in [3.8, 4) is 11.5 Å². The molecule has 7 rings (SSSR count). The third kappa shape index (κ3) is 4.02. The lowest BCUT2D eigenvalue weighted by Gasteiger charge is -2.43. The fourth-order valence-corrected chi connectivity index (χ4v) is 8.21. The topological polar surface area (TPSA) is 138 Å². The highest BCUT2D eigenvalue weighted by Gasteiger charge is 2.87. The Kier molecular flexibility index (Phi) is 6.15. The van der Waals surface area contributed by atoms with Crippen LogP contribution in [0.5, 0.6) is 11.5 Å². The van der Waals surface area contributed by atoms with Gasteiger partial charge in [0.25, 0.3) is 11.8 Å². The molecule has 12 nitrogen and oxygen atoms in total. The number of hydrogen-bond acceptors (Lipinski definition) is 10. The van der Waals surface area contributed by atoms with Crippen molar-refractivity contribution in [3.05, 3.63) is 35.4 Å². The van der Waals surface area contributed by atoms with Crippen molar-refractivity contribution in [1.82, 2.24) is 9.80 Å². The Hall–Kier alpha value is -4.23. The second-order valence-corrected chi connectivity index (χ2v) is 13.6. The van der Waals surface area contributed by atoms with E-state index >= 15 is 0 Å². The third-order valence-corrected chi connectivity index (χ3v) is 9.94. The molecule has 2 spiro atoms. The number of nitrogens with zero attached hydrogens (tertiary/aromatic N) is 2. The van der Waals surface area contributed by atoms with Gasteiger partial charge in [-0.3, -0.25) is 24.0 Å². The number of carbonyl (C=O) groups is 5. The van der Waals surface area contributed by atoms with E-state index in [-0.39, 0.29) is 41.9 Å². The Morgan fingerprint density at radius 1 is 1.04 bits per heavy atom. The number of amides is 2. The van der Waals surface area contributed by atoms with E-state index in [4.69, 9.17) is 14.2 Å². The van der Waals surface area contributed by atoms with Crippen LogP contribution >= 0.6 is 0 Å². The van der Waals surface area contributed by atoms with Gasteiger partial charge in [0, 0.05) is 32.1 Å². The Bertz CT molecular complexity index is 1580. The number of piperidine rings is 1. The summed E-state index contributed by atoms with van der Waals surface area (Å²) < 4.78 is 53.1. The molecule has 0 saturated carbocycles. The lowest BCUT2D eigenvalue weighted by atomic mass is 9.56. The second kappa shape index (κ2) is 9.39. The molecule has 0 radical (unpaired) electrons. The molecule has 45 heavy (non-hydrogen) atoms. The highest BCUT2D eigenvalue weighted by molar-refractivity contribution is 5.99. The maximum atomic E-state index is 14.2. The highest BCUT2D eigenvalue weighted by Crippen LogP contribution is 2.72. The first-order valence-electron chi connectivity index (χ1n) is 14.9. The molecule has 1 aliphatic carbocycles. The molecule has 6 aliphatic rings. The standard InChI is InChI=1S/C31H32F2N2O10/c1-15(36)41-23-25(39)35(26-30(23)20(28(2,3)4)12-21-29(30,27(40)43-26)13-22(37)42-21)14-16-7-9-34(10-8-16)24(38)17-5-6-18-19(11-17)45-31(32,33)44-18/h5-6,11-12,16,21,23,26H,7-10,13-14H2,1-4H3/t21-,23-,26-,29-,30-/m0/s1. The number of likely N-dealkylation sites (tertiary alicyclic amines) is 2. The molecule has 5 heterocycles. The molecule has 4 saturated heterocycles. The van der Waals surface area contributed by atoms with Crippen molar-refractivity contribution >= 4 is 29.7 Å². The summed E-state index contributed by atoms with van der Waals surface area (Å²) in [6.45, 7) is 7.74. The predicted molar refractivity (Wildman–Crippen MR) is 145 cm³/mol. The average Bonchev–Trinajstić information content (AvgIpc) is 3.66. The Morgan fingerprint density at radius 2 is 1.73 bits per heavy atom. The minimum Gasteiger partial charge on any atom is -0.457 e. The lowest BCUT2D eigenvalue weighted by Crippen LogP contribution is -2.55. The van der Waals surface area contributed by atoms with Crippen molar-refractivity contribution < 1.29 is 56.4 Å². The second-order valence-electron chi connectivity index (χ2n) is 13.6. The zero-order valence-corrected chi connectivity index (χ0v) is 25.1. The first kappa shape index (κ1) is 29.5. The summed E-state index contributed by atoms with van der Waals surface area (Å²) in [5.41, 5.74) is -2.79. The van der Waals surface area contributed by atoms with Crippen LogP contribution in [0.2, 0.25) is 0 Å². The minimum atomic E-state index is -3.79. The van der Waals surface area contributed by atoms with E-state index in [0.717, 1.165) is 0 Å². The van der Waals surface area contributed by atoms with Crippen molar-refractivity contribution in [2.75, 3.05) is 19.6 Å². The van der Waals surface area contributed by atoms with E-state index in [1.165, 1.54) is 30.0 Å². The molecule has 5 atom stereocenters. The summed E-state index contributed by atoms with van der Waals surface area (Å²) in [7, 11) is 0. The number of esters is 3. The van der Waals surface area contributed by atoms with Crippen LogP contribution in [-0.4, -0.2) is 83.9 Å². The molecule has 240 valence electrons. The molecule has 2 amide bonds. The van der Waals surface area contributed by atoms with Gasteiger partial charge in [0.1, 0.15) is 16.9 Å².